The van der Waals surface area contributed by atoms with E-state index in [1.165, 1.54) is 12.1 Å². The molecule has 0 N–H and O–H groups in total. The molecule has 0 fully saturated rings. The average Bonchev–Trinajstić information content (AvgIpc) is 3.45. The lowest BCUT2D eigenvalue weighted by atomic mass is 9.81. The predicted octanol–water partition coefficient (Wildman–Crippen LogP) is 6.64. The summed E-state index contributed by atoms with van der Waals surface area (Å²) in [5.74, 6) is -0.930. The van der Waals surface area contributed by atoms with Crippen LogP contribution < -0.4 is 0 Å². The second kappa shape index (κ2) is 8.93. The van der Waals surface area contributed by atoms with Crippen LogP contribution in [0, 0.1) is 57.1 Å². The molecule has 0 aliphatic heterocycles. The highest BCUT2D eigenvalue weighted by Gasteiger charge is 2.40. The van der Waals surface area contributed by atoms with Gasteiger partial charge in [0.2, 0.25) is 0 Å². The fourth-order valence-electron chi connectivity index (χ4n) is 5.88. The number of allylic oxidation sites excluding steroid dienone is 7. The van der Waals surface area contributed by atoms with E-state index in [0.717, 1.165) is 28.5 Å². The molecular formula is C33H15FN4O. The van der Waals surface area contributed by atoms with E-state index in [1.54, 1.807) is 18.2 Å². The lowest BCUT2D eigenvalue weighted by molar-refractivity contribution is 0.112. The third kappa shape index (κ3) is 3.45. The monoisotopic (exact) mass is 502 g/mol. The Morgan fingerprint density at radius 1 is 0.744 bits per heavy atom. The van der Waals surface area contributed by atoms with Gasteiger partial charge in [0.15, 0.2) is 0 Å². The van der Waals surface area contributed by atoms with Crippen LogP contribution in [0.1, 0.15) is 44.1 Å². The number of carbonyl (C=O) groups is 1. The molecule has 3 aliphatic carbocycles. The SMILES string of the molecule is N#CC(C#N)=C1c2cc(F)ccc2-c2cc3c(cc21)C(=C(C#N)C#N)C1C=C(c2ccc(C=O)cc2)C=CC31. The number of rotatable bonds is 2. The average molecular weight is 503 g/mol. The molecule has 0 saturated heterocycles. The van der Waals surface area contributed by atoms with Crippen molar-refractivity contribution in [2.24, 2.45) is 5.92 Å². The lowest BCUT2D eigenvalue weighted by Crippen LogP contribution is -2.07. The molecule has 2 atom stereocenters. The second-order valence-electron chi connectivity index (χ2n) is 9.43. The highest BCUT2D eigenvalue weighted by Crippen LogP contribution is 2.56. The van der Waals surface area contributed by atoms with Crippen molar-refractivity contribution in [1.29, 1.82) is 21.0 Å². The first-order chi connectivity index (χ1) is 19.0. The Bertz CT molecular complexity index is 1900. The van der Waals surface area contributed by atoms with Gasteiger partial charge in [0.05, 0.1) is 0 Å². The quantitative estimate of drug-likeness (QED) is 0.225. The molecule has 6 heteroatoms. The number of nitriles is 4. The molecule has 3 aromatic rings. The van der Waals surface area contributed by atoms with Crippen molar-refractivity contribution in [2.75, 3.05) is 0 Å². The fourth-order valence-corrected chi connectivity index (χ4v) is 5.88. The zero-order valence-electron chi connectivity index (χ0n) is 20.2. The Hall–Kier alpha value is -5.82. The fraction of sp³-hybridized carbons (Fsp3) is 0.0606. The molecule has 0 aromatic heterocycles. The first-order valence-electron chi connectivity index (χ1n) is 12.1. The van der Waals surface area contributed by atoms with Crippen molar-refractivity contribution in [3.63, 3.8) is 0 Å². The summed E-state index contributed by atoms with van der Waals surface area (Å²) in [4.78, 5) is 11.1. The summed E-state index contributed by atoms with van der Waals surface area (Å²) >= 11 is 0. The van der Waals surface area contributed by atoms with E-state index in [9.17, 15) is 30.2 Å². The Kier molecular flexibility index (Phi) is 5.40. The van der Waals surface area contributed by atoms with Gasteiger partial charge in [0.1, 0.15) is 47.5 Å². The number of aldehydes is 1. The van der Waals surface area contributed by atoms with Crippen LogP contribution in [0.4, 0.5) is 4.39 Å². The molecule has 3 aliphatic rings. The van der Waals surface area contributed by atoms with Gasteiger partial charge in [-0.1, -0.05) is 48.6 Å². The van der Waals surface area contributed by atoms with Crippen LogP contribution in [0.3, 0.4) is 0 Å². The van der Waals surface area contributed by atoms with Gasteiger partial charge in [-0.05, 0) is 74.4 Å². The maximum atomic E-state index is 14.3. The smallest absolute Gasteiger partial charge is 0.150 e. The Labute approximate surface area is 223 Å². The summed E-state index contributed by atoms with van der Waals surface area (Å²) in [7, 11) is 0. The van der Waals surface area contributed by atoms with Gasteiger partial charge >= 0.3 is 0 Å². The number of hydrogen-bond acceptors (Lipinski definition) is 5. The molecule has 180 valence electrons. The van der Waals surface area contributed by atoms with Gasteiger partial charge in [0.25, 0.3) is 0 Å². The van der Waals surface area contributed by atoms with Crippen molar-refractivity contribution in [1.82, 2.24) is 0 Å². The molecule has 0 amide bonds. The van der Waals surface area contributed by atoms with E-state index in [4.69, 9.17) is 0 Å². The minimum atomic E-state index is -0.479. The minimum absolute atomic E-state index is 0.0150. The van der Waals surface area contributed by atoms with Gasteiger partial charge in [-0.3, -0.25) is 4.79 Å². The summed E-state index contributed by atoms with van der Waals surface area (Å²) < 4.78 is 14.3. The topological polar surface area (TPSA) is 112 Å². The normalized spacial score (nSPS) is 17.3. The van der Waals surface area contributed by atoms with Crippen molar-refractivity contribution in [3.05, 3.63) is 123 Å². The second-order valence-corrected chi connectivity index (χ2v) is 9.43. The van der Waals surface area contributed by atoms with E-state index in [1.807, 2.05) is 66.8 Å². The maximum absolute atomic E-state index is 14.3. The van der Waals surface area contributed by atoms with E-state index in [0.29, 0.717) is 39.0 Å². The van der Waals surface area contributed by atoms with Gasteiger partial charge in [-0.25, -0.2) is 4.39 Å². The van der Waals surface area contributed by atoms with Crippen molar-refractivity contribution in [2.45, 2.75) is 5.92 Å². The van der Waals surface area contributed by atoms with Crippen LogP contribution >= 0.6 is 0 Å². The van der Waals surface area contributed by atoms with E-state index in [2.05, 4.69) is 0 Å². The summed E-state index contributed by atoms with van der Waals surface area (Å²) in [6, 6.07) is 23.3. The molecule has 5 nitrogen and oxygen atoms in total. The molecule has 0 heterocycles. The first-order valence-corrected chi connectivity index (χ1v) is 12.1. The van der Waals surface area contributed by atoms with E-state index < -0.39 is 5.82 Å². The van der Waals surface area contributed by atoms with Crippen molar-refractivity contribution in [3.8, 4) is 35.4 Å². The largest absolute Gasteiger partial charge is 0.298 e. The lowest BCUT2D eigenvalue weighted by Gasteiger charge is -2.21. The zero-order chi connectivity index (χ0) is 27.3. The molecule has 0 saturated carbocycles. The number of fused-ring (bicyclic) bond motifs is 6. The zero-order valence-corrected chi connectivity index (χ0v) is 20.2. The molecular weight excluding hydrogens is 487 g/mol. The van der Waals surface area contributed by atoms with Crippen molar-refractivity contribution < 1.29 is 9.18 Å². The predicted molar refractivity (Wildman–Crippen MR) is 142 cm³/mol. The van der Waals surface area contributed by atoms with Crippen LogP contribution in [0.25, 0.3) is 27.8 Å². The summed E-state index contributed by atoms with van der Waals surface area (Å²) in [5.41, 5.74) is 7.29. The third-order valence-corrected chi connectivity index (χ3v) is 7.56. The van der Waals surface area contributed by atoms with Crippen LogP contribution in [-0.2, 0) is 0 Å². The minimum Gasteiger partial charge on any atom is -0.298 e. The highest BCUT2D eigenvalue weighted by molar-refractivity contribution is 6.06. The molecule has 0 radical (unpaired) electrons. The number of carbonyl (C=O) groups excluding carboxylic acids is 1. The number of hydrogen-bond donors (Lipinski definition) is 0. The van der Waals surface area contributed by atoms with Crippen LogP contribution in [-0.4, -0.2) is 6.29 Å². The number of benzene rings is 3. The van der Waals surface area contributed by atoms with Crippen LogP contribution in [0.2, 0.25) is 0 Å². The van der Waals surface area contributed by atoms with E-state index in [-0.39, 0.29) is 23.0 Å². The molecule has 0 spiro atoms. The Balaban J connectivity index is 1.60. The Morgan fingerprint density at radius 3 is 2.10 bits per heavy atom. The summed E-state index contributed by atoms with van der Waals surface area (Å²) in [6.45, 7) is 0. The summed E-state index contributed by atoms with van der Waals surface area (Å²) in [6.07, 6.45) is 6.86. The molecule has 0 bridgehead atoms. The number of halogens is 1. The first kappa shape index (κ1) is 23.6. The van der Waals surface area contributed by atoms with Crippen LogP contribution in [0.5, 0.6) is 0 Å². The molecule has 2 unspecified atom stereocenters. The Morgan fingerprint density at radius 2 is 1.44 bits per heavy atom. The third-order valence-electron chi connectivity index (χ3n) is 7.56. The van der Waals surface area contributed by atoms with E-state index >= 15 is 0 Å². The van der Waals surface area contributed by atoms with Crippen molar-refractivity contribution >= 4 is 23.0 Å². The van der Waals surface area contributed by atoms with Gasteiger partial charge < -0.3 is 0 Å². The molecule has 3 aromatic carbocycles. The van der Waals surface area contributed by atoms with Gasteiger partial charge in [-0.15, -0.1) is 0 Å². The molecule has 39 heavy (non-hydrogen) atoms. The highest BCUT2D eigenvalue weighted by atomic mass is 19.1. The standard InChI is InChI=1S/C33H15FN4O/c34-23-6-8-25-27-11-26-24-7-5-20(19-3-1-18(17-39)2-4-19)9-28(24)32(21(13-35)14-36)30(26)12-31(27)33(29(25)10-23)22(15-37)16-38/h1-12,17,24,28H. The van der Waals surface area contributed by atoms with Gasteiger partial charge in [0, 0.05) is 23.0 Å². The summed E-state index contributed by atoms with van der Waals surface area (Å²) in [5, 5.41) is 39.2. The maximum Gasteiger partial charge on any atom is 0.150 e. The molecule has 6 rings (SSSR count). The number of nitrogens with zero attached hydrogens (tertiary/aromatic N) is 4. The van der Waals surface area contributed by atoms with Gasteiger partial charge in [-0.2, -0.15) is 21.0 Å². The van der Waals surface area contributed by atoms with Crippen LogP contribution in [0.15, 0.2) is 84.0 Å².